The van der Waals surface area contributed by atoms with E-state index in [1.165, 1.54) is 11.3 Å². The summed E-state index contributed by atoms with van der Waals surface area (Å²) in [5.74, 6) is 0.600. The lowest BCUT2D eigenvalue weighted by Crippen LogP contribution is -2.11. The Bertz CT molecular complexity index is 848. The third-order valence-corrected chi connectivity index (χ3v) is 4.00. The van der Waals surface area contributed by atoms with Crippen LogP contribution in [0.25, 0.3) is 22.5 Å². The van der Waals surface area contributed by atoms with Gasteiger partial charge in [0.05, 0.1) is 0 Å². The number of rotatable bonds is 7. The van der Waals surface area contributed by atoms with Crippen LogP contribution in [0.4, 0.5) is 0 Å². The minimum atomic E-state index is 0.600. The summed E-state index contributed by atoms with van der Waals surface area (Å²) < 4.78 is 0. The standard InChI is InChI=1S/C20H21N5/c1-3-7-17(4-2)21-14-15-10-12-16(13-11-15)18-8-5-6-9-19(18)20-22-24-25-23-20/h3,5-13,21H,1,4,14H2,2H3,(H,22,23,24,25)/b17-7+. The molecule has 1 aromatic heterocycles. The molecule has 5 heteroatoms. The van der Waals surface area contributed by atoms with Crippen LogP contribution in [0, 0.1) is 0 Å². The summed E-state index contributed by atoms with van der Waals surface area (Å²) in [5, 5.41) is 17.8. The first-order valence-electron chi connectivity index (χ1n) is 8.29. The van der Waals surface area contributed by atoms with E-state index in [1.807, 2.05) is 30.4 Å². The van der Waals surface area contributed by atoms with Gasteiger partial charge in [0.1, 0.15) is 0 Å². The van der Waals surface area contributed by atoms with Crippen molar-refractivity contribution in [3.63, 3.8) is 0 Å². The van der Waals surface area contributed by atoms with Crippen LogP contribution in [-0.4, -0.2) is 20.6 Å². The number of benzene rings is 2. The number of aromatic nitrogens is 4. The molecule has 0 fully saturated rings. The van der Waals surface area contributed by atoms with Gasteiger partial charge in [0.25, 0.3) is 0 Å². The van der Waals surface area contributed by atoms with E-state index in [0.717, 1.165) is 29.7 Å². The second-order valence-electron chi connectivity index (χ2n) is 5.61. The van der Waals surface area contributed by atoms with Crippen molar-refractivity contribution in [1.29, 1.82) is 0 Å². The number of aromatic amines is 1. The maximum Gasteiger partial charge on any atom is 0.205 e. The quantitative estimate of drug-likeness (QED) is 0.640. The SMILES string of the molecule is C=C/C=C(\CC)NCc1ccc(-c2ccccc2-c2nn[nH]n2)cc1. The van der Waals surface area contributed by atoms with Gasteiger partial charge in [-0.2, -0.15) is 5.21 Å². The molecule has 1 heterocycles. The number of allylic oxidation sites excluding steroid dienone is 3. The number of nitrogens with zero attached hydrogens (tertiary/aromatic N) is 3. The molecule has 3 rings (SSSR count). The summed E-state index contributed by atoms with van der Waals surface area (Å²) >= 11 is 0. The van der Waals surface area contributed by atoms with Gasteiger partial charge in [-0.25, -0.2) is 0 Å². The summed E-state index contributed by atoms with van der Waals surface area (Å²) in [6, 6.07) is 16.6. The number of tetrazole rings is 1. The molecule has 0 unspecified atom stereocenters. The summed E-state index contributed by atoms with van der Waals surface area (Å²) in [7, 11) is 0. The van der Waals surface area contributed by atoms with Crippen molar-refractivity contribution in [3.8, 4) is 22.5 Å². The van der Waals surface area contributed by atoms with Crippen LogP contribution in [0.3, 0.4) is 0 Å². The lowest BCUT2D eigenvalue weighted by atomic mass is 9.98. The Balaban J connectivity index is 1.80. The zero-order valence-corrected chi connectivity index (χ0v) is 14.2. The molecule has 0 aliphatic rings. The van der Waals surface area contributed by atoms with E-state index in [4.69, 9.17) is 0 Å². The van der Waals surface area contributed by atoms with E-state index in [-0.39, 0.29) is 0 Å². The number of hydrogen-bond donors (Lipinski definition) is 2. The molecule has 0 aliphatic heterocycles. The van der Waals surface area contributed by atoms with Crippen molar-refractivity contribution in [2.75, 3.05) is 0 Å². The fourth-order valence-corrected chi connectivity index (χ4v) is 2.67. The Kier molecular flexibility index (Phi) is 5.36. The molecule has 0 amide bonds. The van der Waals surface area contributed by atoms with Crippen LogP contribution in [-0.2, 0) is 6.54 Å². The Morgan fingerprint density at radius 2 is 1.88 bits per heavy atom. The lowest BCUT2D eigenvalue weighted by molar-refractivity contribution is 0.773. The molecule has 3 aromatic rings. The highest BCUT2D eigenvalue weighted by Gasteiger charge is 2.10. The molecule has 25 heavy (non-hydrogen) atoms. The van der Waals surface area contributed by atoms with Gasteiger partial charge in [-0.05, 0) is 34.4 Å². The molecule has 2 aromatic carbocycles. The zero-order valence-electron chi connectivity index (χ0n) is 14.2. The Morgan fingerprint density at radius 1 is 1.12 bits per heavy atom. The Labute approximate surface area is 147 Å². The van der Waals surface area contributed by atoms with E-state index in [0.29, 0.717) is 5.82 Å². The maximum absolute atomic E-state index is 4.09. The van der Waals surface area contributed by atoms with Gasteiger partial charge in [0, 0.05) is 17.8 Å². The third-order valence-electron chi connectivity index (χ3n) is 4.00. The lowest BCUT2D eigenvalue weighted by Gasteiger charge is -2.10. The van der Waals surface area contributed by atoms with E-state index in [1.54, 1.807) is 0 Å². The zero-order chi connectivity index (χ0) is 17.5. The van der Waals surface area contributed by atoms with Crippen molar-refractivity contribution >= 4 is 0 Å². The molecule has 0 aliphatic carbocycles. The maximum atomic E-state index is 4.09. The van der Waals surface area contributed by atoms with Crippen molar-refractivity contribution in [2.24, 2.45) is 0 Å². The molecule has 0 radical (unpaired) electrons. The van der Waals surface area contributed by atoms with Gasteiger partial charge >= 0.3 is 0 Å². The van der Waals surface area contributed by atoms with Crippen LogP contribution < -0.4 is 5.32 Å². The molecular weight excluding hydrogens is 310 g/mol. The fraction of sp³-hybridized carbons (Fsp3) is 0.150. The van der Waals surface area contributed by atoms with Crippen LogP contribution in [0.2, 0.25) is 0 Å². The number of nitrogens with one attached hydrogen (secondary N) is 2. The van der Waals surface area contributed by atoms with Gasteiger partial charge in [-0.3, -0.25) is 0 Å². The second-order valence-corrected chi connectivity index (χ2v) is 5.61. The number of H-pyrrole nitrogens is 1. The summed E-state index contributed by atoms with van der Waals surface area (Å²) in [4.78, 5) is 0. The first-order chi connectivity index (χ1) is 12.3. The van der Waals surface area contributed by atoms with Gasteiger partial charge in [-0.15, -0.1) is 10.2 Å². The molecule has 0 atom stereocenters. The van der Waals surface area contributed by atoms with E-state index in [9.17, 15) is 0 Å². The third kappa shape index (κ3) is 4.01. The molecule has 0 bridgehead atoms. The van der Waals surface area contributed by atoms with E-state index < -0.39 is 0 Å². The minimum Gasteiger partial charge on any atom is -0.384 e. The van der Waals surface area contributed by atoms with Gasteiger partial charge in [0.2, 0.25) is 5.82 Å². The molecule has 0 saturated heterocycles. The van der Waals surface area contributed by atoms with E-state index >= 15 is 0 Å². The molecular formula is C20H21N5. The topological polar surface area (TPSA) is 66.5 Å². The normalized spacial score (nSPS) is 11.3. The van der Waals surface area contributed by atoms with Crippen LogP contribution in [0.15, 0.2) is 73.0 Å². The van der Waals surface area contributed by atoms with Gasteiger partial charge in [0.15, 0.2) is 0 Å². The largest absolute Gasteiger partial charge is 0.384 e. The average molecular weight is 331 g/mol. The highest BCUT2D eigenvalue weighted by atomic mass is 15.5. The first-order valence-corrected chi connectivity index (χ1v) is 8.29. The molecule has 126 valence electrons. The van der Waals surface area contributed by atoms with Crippen molar-refractivity contribution < 1.29 is 0 Å². The highest BCUT2D eigenvalue weighted by Crippen LogP contribution is 2.29. The van der Waals surface area contributed by atoms with Crippen LogP contribution in [0.1, 0.15) is 18.9 Å². The summed E-state index contributed by atoms with van der Waals surface area (Å²) in [6.45, 7) is 6.66. The highest BCUT2D eigenvalue weighted by molar-refractivity contribution is 5.80. The predicted molar refractivity (Wildman–Crippen MR) is 100 cm³/mol. The molecule has 2 N–H and O–H groups in total. The molecule has 0 spiro atoms. The summed E-state index contributed by atoms with van der Waals surface area (Å²) in [6.07, 6.45) is 4.78. The van der Waals surface area contributed by atoms with E-state index in [2.05, 4.69) is 69.8 Å². The molecule has 0 saturated carbocycles. The first kappa shape index (κ1) is 16.6. The van der Waals surface area contributed by atoms with Crippen molar-refractivity contribution in [1.82, 2.24) is 25.9 Å². The second kappa shape index (κ2) is 8.06. The summed E-state index contributed by atoms with van der Waals surface area (Å²) in [5.41, 5.74) is 5.58. The number of hydrogen-bond acceptors (Lipinski definition) is 4. The Morgan fingerprint density at radius 3 is 2.52 bits per heavy atom. The average Bonchev–Trinajstić information content (AvgIpc) is 3.20. The van der Waals surface area contributed by atoms with Gasteiger partial charge in [-0.1, -0.05) is 68.1 Å². The van der Waals surface area contributed by atoms with Crippen LogP contribution in [0.5, 0.6) is 0 Å². The van der Waals surface area contributed by atoms with Crippen molar-refractivity contribution in [2.45, 2.75) is 19.9 Å². The minimum absolute atomic E-state index is 0.600. The van der Waals surface area contributed by atoms with Gasteiger partial charge < -0.3 is 5.32 Å². The smallest absolute Gasteiger partial charge is 0.205 e. The monoisotopic (exact) mass is 331 g/mol. The predicted octanol–water partition coefficient (Wildman–Crippen LogP) is 4.10. The fourth-order valence-electron chi connectivity index (χ4n) is 2.67. The Hall–Kier alpha value is -3.21. The molecule has 5 nitrogen and oxygen atoms in total. The van der Waals surface area contributed by atoms with Crippen molar-refractivity contribution in [3.05, 3.63) is 78.5 Å². The van der Waals surface area contributed by atoms with Crippen LogP contribution >= 0.6 is 0 Å².